The third-order valence-corrected chi connectivity index (χ3v) is 5.04. The van der Waals surface area contributed by atoms with Crippen molar-refractivity contribution in [2.24, 2.45) is 5.92 Å². The number of nitrogens with two attached hydrogens (primary N) is 1. The molecule has 0 bridgehead atoms. The Kier molecular flexibility index (Phi) is 6.91. The molecule has 1 amide bonds. The SMILES string of the molecule is COc1ccc(OC)c([C@H](C)[NH2+]CC(=O)N[C@@H]2CCCC[C@@H]2C)c1. The minimum absolute atomic E-state index is 0.113. The van der Waals surface area contributed by atoms with Crippen LogP contribution in [0.3, 0.4) is 0 Å². The average molecular weight is 335 g/mol. The van der Waals surface area contributed by atoms with E-state index in [-0.39, 0.29) is 11.9 Å². The molecule has 5 heteroatoms. The van der Waals surface area contributed by atoms with Gasteiger partial charge in [-0.3, -0.25) is 4.79 Å². The van der Waals surface area contributed by atoms with E-state index in [2.05, 4.69) is 19.2 Å². The molecule has 0 aromatic heterocycles. The molecule has 1 aromatic carbocycles. The number of quaternary nitrogens is 1. The first kappa shape index (κ1) is 18.6. The maximum absolute atomic E-state index is 12.3. The van der Waals surface area contributed by atoms with Crippen LogP contribution >= 0.6 is 0 Å². The van der Waals surface area contributed by atoms with Crippen molar-refractivity contribution in [2.45, 2.75) is 51.6 Å². The molecule has 0 aliphatic heterocycles. The van der Waals surface area contributed by atoms with Crippen molar-refractivity contribution in [3.05, 3.63) is 23.8 Å². The molecule has 0 spiro atoms. The number of rotatable bonds is 7. The van der Waals surface area contributed by atoms with Gasteiger partial charge >= 0.3 is 0 Å². The molecule has 0 heterocycles. The second-order valence-corrected chi connectivity index (χ2v) is 6.77. The zero-order valence-electron chi connectivity index (χ0n) is 15.3. The number of hydrogen-bond donors (Lipinski definition) is 2. The molecular formula is C19H31N2O3+. The second-order valence-electron chi connectivity index (χ2n) is 6.77. The van der Waals surface area contributed by atoms with E-state index in [4.69, 9.17) is 9.47 Å². The maximum atomic E-state index is 12.3. The molecule has 3 atom stereocenters. The van der Waals surface area contributed by atoms with Crippen molar-refractivity contribution in [1.82, 2.24) is 5.32 Å². The van der Waals surface area contributed by atoms with E-state index >= 15 is 0 Å². The first-order chi connectivity index (χ1) is 11.5. The summed E-state index contributed by atoms with van der Waals surface area (Å²) >= 11 is 0. The van der Waals surface area contributed by atoms with Gasteiger partial charge in [0.2, 0.25) is 0 Å². The third kappa shape index (κ3) is 4.87. The lowest BCUT2D eigenvalue weighted by molar-refractivity contribution is -0.682. The van der Waals surface area contributed by atoms with E-state index in [1.807, 2.05) is 23.5 Å². The number of hydrogen-bond acceptors (Lipinski definition) is 3. The minimum Gasteiger partial charge on any atom is -0.497 e. The Balaban J connectivity index is 1.90. The Labute approximate surface area is 145 Å². The van der Waals surface area contributed by atoms with Crippen LogP contribution in [0.25, 0.3) is 0 Å². The summed E-state index contributed by atoms with van der Waals surface area (Å²) in [6.07, 6.45) is 4.82. The molecule has 1 fully saturated rings. The Morgan fingerprint density at radius 3 is 2.71 bits per heavy atom. The van der Waals surface area contributed by atoms with Gasteiger partial charge in [0.1, 0.15) is 17.5 Å². The highest BCUT2D eigenvalue weighted by Gasteiger charge is 2.24. The van der Waals surface area contributed by atoms with Crippen LogP contribution in [0.1, 0.15) is 51.1 Å². The van der Waals surface area contributed by atoms with Crippen LogP contribution in [0.5, 0.6) is 11.5 Å². The normalized spacial score (nSPS) is 21.8. The van der Waals surface area contributed by atoms with E-state index in [1.165, 1.54) is 19.3 Å². The zero-order chi connectivity index (χ0) is 17.5. The van der Waals surface area contributed by atoms with Gasteiger partial charge in [-0.15, -0.1) is 0 Å². The fraction of sp³-hybridized carbons (Fsp3) is 0.632. The van der Waals surface area contributed by atoms with Crippen molar-refractivity contribution >= 4 is 5.91 Å². The molecule has 5 nitrogen and oxygen atoms in total. The highest BCUT2D eigenvalue weighted by molar-refractivity contribution is 5.77. The van der Waals surface area contributed by atoms with Crippen molar-refractivity contribution in [2.75, 3.05) is 20.8 Å². The van der Waals surface area contributed by atoms with E-state index in [9.17, 15) is 4.79 Å². The number of amides is 1. The van der Waals surface area contributed by atoms with E-state index in [0.717, 1.165) is 23.5 Å². The molecule has 3 N–H and O–H groups in total. The van der Waals surface area contributed by atoms with Gasteiger partial charge in [0.25, 0.3) is 5.91 Å². The quantitative estimate of drug-likeness (QED) is 0.801. The smallest absolute Gasteiger partial charge is 0.275 e. The lowest BCUT2D eigenvalue weighted by atomic mass is 9.86. The number of carbonyl (C=O) groups excluding carboxylic acids is 1. The predicted molar refractivity (Wildman–Crippen MR) is 94.3 cm³/mol. The first-order valence-corrected chi connectivity index (χ1v) is 8.89. The van der Waals surface area contributed by atoms with Gasteiger partial charge in [-0.05, 0) is 43.9 Å². The fourth-order valence-electron chi connectivity index (χ4n) is 3.40. The van der Waals surface area contributed by atoms with Crippen molar-refractivity contribution in [3.8, 4) is 11.5 Å². The topological polar surface area (TPSA) is 64.2 Å². The number of nitrogens with one attached hydrogen (secondary N) is 1. The Morgan fingerprint density at radius 2 is 2.04 bits per heavy atom. The molecule has 24 heavy (non-hydrogen) atoms. The standard InChI is InChI=1S/C19H30N2O3/c1-13-7-5-6-8-17(13)21-19(22)12-20-14(2)16-11-15(23-3)9-10-18(16)24-4/h9-11,13-14,17,20H,5-8,12H2,1-4H3,(H,21,22)/p+1/t13-,14-,17+/m0/s1. The molecule has 1 saturated carbocycles. The van der Waals surface area contributed by atoms with Crippen LogP contribution in [-0.2, 0) is 4.79 Å². The monoisotopic (exact) mass is 335 g/mol. The molecule has 134 valence electrons. The molecule has 0 radical (unpaired) electrons. The summed E-state index contributed by atoms with van der Waals surface area (Å²) in [5.74, 6) is 2.31. The molecule has 0 unspecified atom stereocenters. The van der Waals surface area contributed by atoms with Crippen LogP contribution in [0.2, 0.25) is 0 Å². The van der Waals surface area contributed by atoms with Crippen LogP contribution in [0.4, 0.5) is 0 Å². The molecular weight excluding hydrogens is 304 g/mol. The largest absolute Gasteiger partial charge is 0.497 e. The summed E-state index contributed by atoms with van der Waals surface area (Å²) in [5, 5.41) is 5.24. The summed E-state index contributed by atoms with van der Waals surface area (Å²) < 4.78 is 10.7. The van der Waals surface area contributed by atoms with Gasteiger partial charge in [0.05, 0.1) is 19.8 Å². The van der Waals surface area contributed by atoms with Crippen LogP contribution in [-0.4, -0.2) is 32.7 Å². The van der Waals surface area contributed by atoms with Gasteiger partial charge in [-0.1, -0.05) is 19.8 Å². The lowest BCUT2D eigenvalue weighted by Crippen LogP contribution is -2.87. The van der Waals surface area contributed by atoms with Crippen LogP contribution in [0.15, 0.2) is 18.2 Å². The number of benzene rings is 1. The Bertz CT molecular complexity index is 547. The first-order valence-electron chi connectivity index (χ1n) is 8.89. The molecule has 1 aliphatic rings. The number of methoxy groups -OCH3 is 2. The summed E-state index contributed by atoms with van der Waals surface area (Å²) in [4.78, 5) is 12.3. The van der Waals surface area contributed by atoms with Crippen molar-refractivity contribution in [1.29, 1.82) is 0 Å². The van der Waals surface area contributed by atoms with Gasteiger partial charge in [-0.2, -0.15) is 0 Å². The van der Waals surface area contributed by atoms with Crippen molar-refractivity contribution in [3.63, 3.8) is 0 Å². The highest BCUT2D eigenvalue weighted by Crippen LogP contribution is 2.27. The van der Waals surface area contributed by atoms with E-state index in [0.29, 0.717) is 18.5 Å². The Morgan fingerprint density at radius 1 is 1.29 bits per heavy atom. The lowest BCUT2D eigenvalue weighted by Gasteiger charge is -2.29. The molecule has 1 aliphatic carbocycles. The van der Waals surface area contributed by atoms with Gasteiger partial charge in [0, 0.05) is 6.04 Å². The predicted octanol–water partition coefficient (Wildman–Crippen LogP) is 2.02. The summed E-state index contributed by atoms with van der Waals surface area (Å²) in [5.41, 5.74) is 1.04. The molecule has 0 saturated heterocycles. The van der Waals surface area contributed by atoms with E-state index in [1.54, 1.807) is 14.2 Å². The maximum Gasteiger partial charge on any atom is 0.275 e. The van der Waals surface area contributed by atoms with Crippen LogP contribution < -0.4 is 20.1 Å². The van der Waals surface area contributed by atoms with Crippen LogP contribution in [0, 0.1) is 5.92 Å². The zero-order valence-corrected chi connectivity index (χ0v) is 15.3. The highest BCUT2D eigenvalue weighted by atomic mass is 16.5. The second kappa shape index (κ2) is 8.92. The number of ether oxygens (including phenoxy) is 2. The summed E-state index contributed by atoms with van der Waals surface area (Å²) in [6.45, 7) is 4.73. The molecule has 2 rings (SSSR count). The fourth-order valence-corrected chi connectivity index (χ4v) is 3.40. The minimum atomic E-state index is 0.113. The third-order valence-electron chi connectivity index (χ3n) is 5.04. The van der Waals surface area contributed by atoms with Gasteiger partial charge < -0.3 is 20.1 Å². The summed E-state index contributed by atoms with van der Waals surface area (Å²) in [7, 11) is 3.31. The summed E-state index contributed by atoms with van der Waals surface area (Å²) in [6, 6.07) is 6.21. The van der Waals surface area contributed by atoms with Crippen molar-refractivity contribution < 1.29 is 19.6 Å². The van der Waals surface area contributed by atoms with Gasteiger partial charge in [0.15, 0.2) is 6.54 Å². The molecule has 1 aromatic rings. The van der Waals surface area contributed by atoms with Gasteiger partial charge in [-0.25, -0.2) is 0 Å². The number of carbonyl (C=O) groups is 1. The average Bonchev–Trinajstić information content (AvgIpc) is 2.61. The van der Waals surface area contributed by atoms with E-state index < -0.39 is 0 Å². The Hall–Kier alpha value is -1.75.